The number of phenolic OH excluding ortho intramolecular Hbond substituents is 1. The van der Waals surface area contributed by atoms with Crippen LogP contribution in [0.5, 0.6) is 5.75 Å². The molecule has 0 amide bonds. The normalized spacial score (nSPS) is 11.0. The Morgan fingerprint density at radius 1 is 1.06 bits per heavy atom. The first-order chi connectivity index (χ1) is 8.68. The average Bonchev–Trinajstić information content (AvgIpc) is 2.69. The van der Waals surface area contributed by atoms with Gasteiger partial charge in [-0.05, 0) is 18.6 Å². The summed E-state index contributed by atoms with van der Waals surface area (Å²) in [6, 6.07) is 13.7. The maximum absolute atomic E-state index is 9.92. The molecular weight excluding hydrogens is 224 g/mol. The van der Waals surface area contributed by atoms with Crippen LogP contribution in [0.3, 0.4) is 0 Å². The molecule has 0 bridgehead atoms. The molecule has 3 heteroatoms. The monoisotopic (exact) mass is 238 g/mol. The van der Waals surface area contributed by atoms with Crippen molar-refractivity contribution >= 4 is 10.9 Å². The van der Waals surface area contributed by atoms with Gasteiger partial charge in [-0.1, -0.05) is 36.4 Å². The molecule has 0 spiro atoms. The molecule has 0 aliphatic rings. The molecule has 1 heterocycles. The van der Waals surface area contributed by atoms with Gasteiger partial charge in [-0.25, -0.2) is 0 Å². The van der Waals surface area contributed by atoms with E-state index >= 15 is 0 Å². The Morgan fingerprint density at radius 2 is 1.83 bits per heavy atom. The number of rotatable bonds is 1. The van der Waals surface area contributed by atoms with Crippen LogP contribution < -0.4 is 0 Å². The van der Waals surface area contributed by atoms with Crippen LogP contribution in [0, 0.1) is 6.92 Å². The van der Waals surface area contributed by atoms with Crippen molar-refractivity contribution in [2.75, 3.05) is 0 Å². The third kappa shape index (κ3) is 1.48. The number of fused-ring (bicyclic) bond motifs is 1. The van der Waals surface area contributed by atoms with Crippen molar-refractivity contribution in [2.45, 2.75) is 6.92 Å². The second-order valence-corrected chi connectivity index (χ2v) is 4.46. The maximum atomic E-state index is 9.92. The lowest BCUT2D eigenvalue weighted by molar-refractivity contribution is 0.478. The van der Waals surface area contributed by atoms with E-state index in [-0.39, 0.29) is 5.75 Å². The van der Waals surface area contributed by atoms with Gasteiger partial charge in [0.2, 0.25) is 0 Å². The van der Waals surface area contributed by atoms with Crippen molar-refractivity contribution < 1.29 is 5.11 Å². The van der Waals surface area contributed by atoms with Crippen molar-refractivity contribution in [3.8, 4) is 17.0 Å². The highest BCUT2D eigenvalue weighted by Gasteiger charge is 2.14. The summed E-state index contributed by atoms with van der Waals surface area (Å²) in [4.78, 5) is 0. The lowest BCUT2D eigenvalue weighted by atomic mass is 10.0. The van der Waals surface area contributed by atoms with Gasteiger partial charge in [-0.15, -0.1) is 0 Å². The first-order valence-corrected chi connectivity index (χ1v) is 5.89. The Morgan fingerprint density at radius 3 is 2.61 bits per heavy atom. The highest BCUT2D eigenvalue weighted by molar-refractivity contribution is 5.96. The van der Waals surface area contributed by atoms with E-state index in [1.165, 1.54) is 5.56 Å². The molecule has 3 rings (SSSR count). The Balaban J connectivity index is 2.38. The lowest BCUT2D eigenvalue weighted by Gasteiger charge is -2.02. The zero-order valence-corrected chi connectivity index (χ0v) is 10.4. The molecule has 3 nitrogen and oxygen atoms in total. The molecule has 3 aromatic rings. The first kappa shape index (κ1) is 10.8. The quantitative estimate of drug-likeness (QED) is 0.706. The van der Waals surface area contributed by atoms with Crippen molar-refractivity contribution in [1.82, 2.24) is 9.78 Å². The number of para-hydroxylation sites is 1. The SMILES string of the molecule is Cc1ccccc1-c1nn(C)c2c(O)cccc12. The van der Waals surface area contributed by atoms with Gasteiger partial charge in [0.15, 0.2) is 0 Å². The summed E-state index contributed by atoms with van der Waals surface area (Å²) in [5.74, 6) is 0.266. The van der Waals surface area contributed by atoms with Crippen molar-refractivity contribution in [3.05, 3.63) is 48.0 Å². The zero-order chi connectivity index (χ0) is 12.7. The summed E-state index contributed by atoms with van der Waals surface area (Å²) in [6.45, 7) is 2.07. The van der Waals surface area contributed by atoms with E-state index in [1.54, 1.807) is 10.7 Å². The smallest absolute Gasteiger partial charge is 0.141 e. The van der Waals surface area contributed by atoms with Crippen LogP contribution in [-0.4, -0.2) is 14.9 Å². The summed E-state index contributed by atoms with van der Waals surface area (Å²) in [5.41, 5.74) is 3.98. The number of phenols is 1. The standard InChI is InChI=1S/C15H14N2O/c1-10-6-3-4-7-11(10)14-12-8-5-9-13(18)15(12)17(2)16-14/h3-9,18H,1-2H3. The number of aromatic nitrogens is 2. The molecule has 1 N–H and O–H groups in total. The van der Waals surface area contributed by atoms with Crippen molar-refractivity contribution in [3.63, 3.8) is 0 Å². The van der Waals surface area contributed by atoms with Crippen LogP contribution in [0.4, 0.5) is 0 Å². The van der Waals surface area contributed by atoms with Crippen LogP contribution in [0.1, 0.15) is 5.56 Å². The van der Waals surface area contributed by atoms with Gasteiger partial charge < -0.3 is 5.11 Å². The molecule has 0 saturated heterocycles. The summed E-state index contributed by atoms with van der Waals surface area (Å²) in [5, 5.41) is 15.4. The molecule has 90 valence electrons. The van der Waals surface area contributed by atoms with Gasteiger partial charge in [0.05, 0.1) is 0 Å². The minimum absolute atomic E-state index is 0.266. The molecule has 0 aliphatic carbocycles. The minimum atomic E-state index is 0.266. The lowest BCUT2D eigenvalue weighted by Crippen LogP contribution is -1.90. The Labute approximate surface area is 105 Å². The van der Waals surface area contributed by atoms with Crippen LogP contribution in [-0.2, 0) is 7.05 Å². The molecule has 0 radical (unpaired) electrons. The van der Waals surface area contributed by atoms with Gasteiger partial charge >= 0.3 is 0 Å². The first-order valence-electron chi connectivity index (χ1n) is 5.89. The van der Waals surface area contributed by atoms with E-state index in [1.807, 2.05) is 31.3 Å². The van der Waals surface area contributed by atoms with E-state index < -0.39 is 0 Å². The molecule has 0 atom stereocenters. The second kappa shape index (κ2) is 3.88. The van der Waals surface area contributed by atoms with Crippen molar-refractivity contribution in [2.24, 2.45) is 7.05 Å². The largest absolute Gasteiger partial charge is 0.506 e. The molecule has 18 heavy (non-hydrogen) atoms. The van der Waals surface area contributed by atoms with Crippen molar-refractivity contribution in [1.29, 1.82) is 0 Å². The van der Waals surface area contributed by atoms with Gasteiger partial charge in [0.1, 0.15) is 17.0 Å². The van der Waals surface area contributed by atoms with Crippen LogP contribution in [0.2, 0.25) is 0 Å². The predicted octanol–water partition coefficient (Wildman–Crippen LogP) is 3.25. The molecular formula is C15H14N2O. The van der Waals surface area contributed by atoms with Gasteiger partial charge in [0.25, 0.3) is 0 Å². The number of benzene rings is 2. The Hall–Kier alpha value is -2.29. The number of aromatic hydroxyl groups is 1. The van der Waals surface area contributed by atoms with Gasteiger partial charge in [-0.2, -0.15) is 5.10 Å². The Bertz CT molecular complexity index is 728. The Kier molecular flexibility index (Phi) is 2.33. The zero-order valence-electron chi connectivity index (χ0n) is 10.4. The van der Waals surface area contributed by atoms with E-state index in [2.05, 4.69) is 24.2 Å². The molecule has 1 aromatic heterocycles. The van der Waals surface area contributed by atoms with Gasteiger partial charge in [-0.3, -0.25) is 4.68 Å². The molecule has 0 aliphatic heterocycles. The number of nitrogens with zero attached hydrogens (tertiary/aromatic N) is 2. The summed E-state index contributed by atoms with van der Waals surface area (Å²) >= 11 is 0. The van der Waals surface area contributed by atoms with Crippen LogP contribution in [0.25, 0.3) is 22.2 Å². The maximum Gasteiger partial charge on any atom is 0.141 e. The molecule has 0 unspecified atom stereocenters. The fraction of sp³-hybridized carbons (Fsp3) is 0.133. The third-order valence-corrected chi connectivity index (χ3v) is 3.24. The number of hydrogen-bond donors (Lipinski definition) is 1. The fourth-order valence-corrected chi connectivity index (χ4v) is 2.35. The number of hydrogen-bond acceptors (Lipinski definition) is 2. The van der Waals surface area contributed by atoms with E-state index in [0.717, 1.165) is 22.2 Å². The summed E-state index contributed by atoms with van der Waals surface area (Å²) in [7, 11) is 1.85. The highest BCUT2D eigenvalue weighted by atomic mass is 16.3. The van der Waals surface area contributed by atoms with Gasteiger partial charge in [0, 0.05) is 18.0 Å². The minimum Gasteiger partial charge on any atom is -0.506 e. The fourth-order valence-electron chi connectivity index (χ4n) is 2.35. The van der Waals surface area contributed by atoms with E-state index in [9.17, 15) is 5.11 Å². The second-order valence-electron chi connectivity index (χ2n) is 4.46. The molecule has 0 fully saturated rings. The predicted molar refractivity (Wildman–Crippen MR) is 72.6 cm³/mol. The van der Waals surface area contributed by atoms with Crippen LogP contribution in [0.15, 0.2) is 42.5 Å². The summed E-state index contributed by atoms with van der Waals surface area (Å²) in [6.07, 6.45) is 0. The average molecular weight is 238 g/mol. The summed E-state index contributed by atoms with van der Waals surface area (Å²) < 4.78 is 1.73. The number of aryl methyl sites for hydroxylation is 2. The van der Waals surface area contributed by atoms with E-state index in [0.29, 0.717) is 0 Å². The van der Waals surface area contributed by atoms with E-state index in [4.69, 9.17) is 0 Å². The third-order valence-electron chi connectivity index (χ3n) is 3.24. The molecule has 2 aromatic carbocycles. The molecule has 0 saturated carbocycles. The highest BCUT2D eigenvalue weighted by Crippen LogP contribution is 2.33. The topological polar surface area (TPSA) is 38.0 Å². The van der Waals surface area contributed by atoms with Crippen LogP contribution >= 0.6 is 0 Å².